The van der Waals surface area contributed by atoms with E-state index in [2.05, 4.69) is 10.6 Å². The van der Waals surface area contributed by atoms with E-state index in [0.29, 0.717) is 22.7 Å². The summed E-state index contributed by atoms with van der Waals surface area (Å²) in [7, 11) is 3.09. The van der Waals surface area contributed by atoms with Gasteiger partial charge in [-0.25, -0.2) is 4.79 Å². The van der Waals surface area contributed by atoms with Crippen molar-refractivity contribution in [2.75, 3.05) is 37.9 Å². The van der Waals surface area contributed by atoms with Gasteiger partial charge in [-0.3, -0.25) is 14.9 Å². The van der Waals surface area contributed by atoms with Crippen molar-refractivity contribution in [1.29, 1.82) is 0 Å². The van der Waals surface area contributed by atoms with Crippen LogP contribution in [0.15, 0.2) is 48.5 Å². The Morgan fingerprint density at radius 3 is 2.36 bits per heavy atom. The van der Waals surface area contributed by atoms with Crippen LogP contribution < -0.4 is 15.4 Å². The van der Waals surface area contributed by atoms with Gasteiger partial charge in [0.15, 0.2) is 0 Å². The molecule has 0 fully saturated rings. The molecule has 0 aliphatic rings. The normalized spacial score (nSPS) is 9.96. The average molecular weight is 385 g/mol. The van der Waals surface area contributed by atoms with E-state index in [-0.39, 0.29) is 25.0 Å². The highest BCUT2D eigenvalue weighted by atomic mass is 16.5. The third-order valence-electron chi connectivity index (χ3n) is 3.73. The number of amides is 3. The molecular weight excluding hydrogens is 362 g/mol. The van der Waals surface area contributed by atoms with E-state index in [9.17, 15) is 14.4 Å². The van der Waals surface area contributed by atoms with E-state index in [0.717, 1.165) is 0 Å². The topological polar surface area (TPSA) is 97.0 Å². The fourth-order valence-corrected chi connectivity index (χ4v) is 2.40. The van der Waals surface area contributed by atoms with Crippen molar-refractivity contribution in [1.82, 2.24) is 4.90 Å². The number of benzene rings is 2. The van der Waals surface area contributed by atoms with Gasteiger partial charge in [0.1, 0.15) is 5.75 Å². The van der Waals surface area contributed by atoms with Crippen LogP contribution in [-0.4, -0.2) is 50.1 Å². The van der Waals surface area contributed by atoms with E-state index < -0.39 is 6.09 Å². The molecule has 0 saturated carbocycles. The van der Waals surface area contributed by atoms with E-state index >= 15 is 0 Å². The number of hydrogen-bond acceptors (Lipinski definition) is 5. The molecule has 0 aliphatic heterocycles. The molecule has 0 radical (unpaired) electrons. The number of anilines is 2. The van der Waals surface area contributed by atoms with Crippen molar-refractivity contribution < 1.29 is 23.9 Å². The minimum absolute atomic E-state index is 0.125. The Morgan fingerprint density at radius 2 is 1.71 bits per heavy atom. The third kappa shape index (κ3) is 6.01. The number of ether oxygens (including phenoxy) is 2. The standard InChI is InChI=1S/C20H23N3O5/c1-4-28-20(26)22-16-7-5-6-14(12-16)19(25)23(2)13-18(24)21-15-8-10-17(27-3)11-9-15/h5-12H,4,13H2,1-3H3,(H,21,24)(H,22,26). The summed E-state index contributed by atoms with van der Waals surface area (Å²) in [5.41, 5.74) is 1.38. The quantitative estimate of drug-likeness (QED) is 0.764. The zero-order valence-electron chi connectivity index (χ0n) is 16.0. The minimum Gasteiger partial charge on any atom is -0.497 e. The van der Waals surface area contributed by atoms with Gasteiger partial charge >= 0.3 is 6.09 Å². The van der Waals surface area contributed by atoms with Gasteiger partial charge in [0, 0.05) is 24.0 Å². The maximum absolute atomic E-state index is 12.6. The molecule has 0 saturated heterocycles. The summed E-state index contributed by atoms with van der Waals surface area (Å²) in [6, 6.07) is 13.3. The number of nitrogens with zero attached hydrogens (tertiary/aromatic N) is 1. The van der Waals surface area contributed by atoms with Gasteiger partial charge in [0.25, 0.3) is 5.91 Å². The van der Waals surface area contributed by atoms with E-state index in [4.69, 9.17) is 9.47 Å². The zero-order valence-corrected chi connectivity index (χ0v) is 16.0. The van der Waals surface area contributed by atoms with Crippen LogP contribution in [0.3, 0.4) is 0 Å². The van der Waals surface area contributed by atoms with Crippen molar-refractivity contribution in [3.05, 3.63) is 54.1 Å². The van der Waals surface area contributed by atoms with E-state index in [1.54, 1.807) is 56.5 Å². The molecule has 0 bridgehead atoms. The lowest BCUT2D eigenvalue weighted by atomic mass is 10.1. The first kappa shape index (κ1) is 20.8. The predicted molar refractivity (Wildman–Crippen MR) is 106 cm³/mol. The summed E-state index contributed by atoms with van der Waals surface area (Å²) in [5.74, 6) is 0.000754. The maximum Gasteiger partial charge on any atom is 0.411 e. The Morgan fingerprint density at radius 1 is 1.00 bits per heavy atom. The highest BCUT2D eigenvalue weighted by molar-refractivity contribution is 6.00. The van der Waals surface area contributed by atoms with Crippen LogP contribution in [0.2, 0.25) is 0 Å². The second-order valence-electron chi connectivity index (χ2n) is 5.86. The van der Waals surface area contributed by atoms with Crippen LogP contribution in [0.4, 0.5) is 16.2 Å². The summed E-state index contributed by atoms with van der Waals surface area (Å²) >= 11 is 0. The lowest BCUT2D eigenvalue weighted by molar-refractivity contribution is -0.116. The van der Waals surface area contributed by atoms with Crippen LogP contribution in [-0.2, 0) is 9.53 Å². The second-order valence-corrected chi connectivity index (χ2v) is 5.86. The molecule has 0 unspecified atom stereocenters. The third-order valence-corrected chi connectivity index (χ3v) is 3.73. The van der Waals surface area contributed by atoms with E-state index in [1.807, 2.05) is 0 Å². The minimum atomic E-state index is -0.598. The highest BCUT2D eigenvalue weighted by Gasteiger charge is 2.16. The predicted octanol–water partition coefficient (Wildman–Crippen LogP) is 2.97. The van der Waals surface area contributed by atoms with Gasteiger partial charge in [-0.1, -0.05) is 6.07 Å². The van der Waals surface area contributed by atoms with Crippen LogP contribution in [0.1, 0.15) is 17.3 Å². The van der Waals surface area contributed by atoms with Crippen molar-refractivity contribution in [2.24, 2.45) is 0 Å². The Hall–Kier alpha value is -3.55. The summed E-state index contributed by atoms with van der Waals surface area (Å²) in [6.45, 7) is 1.82. The first-order chi connectivity index (χ1) is 13.4. The van der Waals surface area contributed by atoms with E-state index in [1.165, 1.54) is 18.0 Å². The number of carbonyl (C=O) groups is 3. The van der Waals surface area contributed by atoms with Crippen LogP contribution in [0.25, 0.3) is 0 Å². The molecule has 0 heterocycles. The molecule has 8 heteroatoms. The summed E-state index contributed by atoms with van der Waals surface area (Å²) in [6.07, 6.45) is -0.598. The fraction of sp³-hybridized carbons (Fsp3) is 0.250. The fourth-order valence-electron chi connectivity index (χ4n) is 2.40. The van der Waals surface area contributed by atoms with Crippen molar-refractivity contribution >= 4 is 29.3 Å². The molecule has 0 aromatic heterocycles. The maximum atomic E-state index is 12.6. The smallest absolute Gasteiger partial charge is 0.411 e. The number of carbonyl (C=O) groups excluding carboxylic acids is 3. The number of hydrogen-bond donors (Lipinski definition) is 2. The molecule has 8 nitrogen and oxygen atoms in total. The number of likely N-dealkylation sites (N-methyl/N-ethyl adjacent to an activating group) is 1. The first-order valence-electron chi connectivity index (χ1n) is 8.66. The van der Waals surface area contributed by atoms with Gasteiger partial charge in [0.05, 0.1) is 20.3 Å². The molecule has 0 atom stereocenters. The summed E-state index contributed by atoms with van der Waals surface area (Å²) < 4.78 is 9.88. The average Bonchev–Trinajstić information content (AvgIpc) is 2.68. The van der Waals surface area contributed by atoms with Gasteiger partial charge in [-0.2, -0.15) is 0 Å². The molecule has 0 spiro atoms. The first-order valence-corrected chi connectivity index (χ1v) is 8.66. The lowest BCUT2D eigenvalue weighted by Crippen LogP contribution is -2.35. The van der Waals surface area contributed by atoms with Crippen molar-refractivity contribution in [3.8, 4) is 5.75 Å². The van der Waals surface area contributed by atoms with Crippen LogP contribution >= 0.6 is 0 Å². The molecule has 0 aliphatic carbocycles. The lowest BCUT2D eigenvalue weighted by Gasteiger charge is -2.17. The summed E-state index contributed by atoms with van der Waals surface area (Å²) in [4.78, 5) is 37.5. The zero-order chi connectivity index (χ0) is 20.5. The number of methoxy groups -OCH3 is 1. The molecular formula is C20H23N3O5. The molecule has 148 valence electrons. The highest BCUT2D eigenvalue weighted by Crippen LogP contribution is 2.15. The van der Waals surface area contributed by atoms with Gasteiger partial charge in [-0.15, -0.1) is 0 Å². The Bertz CT molecular complexity index is 836. The summed E-state index contributed by atoms with van der Waals surface area (Å²) in [5, 5.41) is 5.26. The second kappa shape index (κ2) is 9.96. The largest absolute Gasteiger partial charge is 0.497 e. The molecule has 28 heavy (non-hydrogen) atoms. The molecule has 2 aromatic carbocycles. The molecule has 2 N–H and O–H groups in total. The van der Waals surface area contributed by atoms with Gasteiger partial charge in [-0.05, 0) is 49.4 Å². The monoisotopic (exact) mass is 385 g/mol. The number of nitrogens with one attached hydrogen (secondary N) is 2. The Kier molecular flexibility index (Phi) is 7.38. The SMILES string of the molecule is CCOC(=O)Nc1cccc(C(=O)N(C)CC(=O)Nc2ccc(OC)cc2)c1. The van der Waals surface area contributed by atoms with Crippen molar-refractivity contribution in [3.63, 3.8) is 0 Å². The molecule has 2 rings (SSSR count). The van der Waals surface area contributed by atoms with Gasteiger partial charge in [0.2, 0.25) is 5.91 Å². The Labute approximate surface area is 163 Å². The number of rotatable bonds is 7. The Balaban J connectivity index is 1.95. The molecule has 3 amide bonds. The molecule has 2 aromatic rings. The van der Waals surface area contributed by atoms with Gasteiger partial charge < -0.3 is 19.7 Å². The van der Waals surface area contributed by atoms with Crippen molar-refractivity contribution in [2.45, 2.75) is 6.92 Å². The van der Waals surface area contributed by atoms with Crippen LogP contribution in [0.5, 0.6) is 5.75 Å². The van der Waals surface area contributed by atoms with Crippen LogP contribution in [0, 0.1) is 0 Å².